The van der Waals surface area contributed by atoms with Gasteiger partial charge < -0.3 is 5.11 Å². The predicted octanol–water partition coefficient (Wildman–Crippen LogP) is 5.17. The van der Waals surface area contributed by atoms with Gasteiger partial charge in [0.05, 0.1) is 16.9 Å². The zero-order valence-corrected chi connectivity index (χ0v) is 16.0. The van der Waals surface area contributed by atoms with Crippen molar-refractivity contribution in [1.82, 2.24) is 0 Å². The highest BCUT2D eigenvalue weighted by Gasteiger charge is 2.18. The molecule has 0 heterocycles. The Bertz CT molecular complexity index is 690. The van der Waals surface area contributed by atoms with E-state index in [1.807, 2.05) is 55.5 Å². The SMILES string of the molecule is CCCC/C=C(\[C@@H](O)CCc1ccccc1)[S@@](=O)c1ccc(C)cc1. The second-order valence-electron chi connectivity index (χ2n) is 6.37. The monoisotopic (exact) mass is 356 g/mol. The summed E-state index contributed by atoms with van der Waals surface area (Å²) in [4.78, 5) is 1.40. The topological polar surface area (TPSA) is 37.3 Å². The number of benzene rings is 2. The Kier molecular flexibility index (Phi) is 8.10. The van der Waals surface area contributed by atoms with Crippen LogP contribution in [0.25, 0.3) is 0 Å². The van der Waals surface area contributed by atoms with Gasteiger partial charge in [0.1, 0.15) is 0 Å². The first-order valence-corrected chi connectivity index (χ1v) is 10.2. The standard InChI is InChI=1S/C22H28O2S/c1-3-4-6-11-22(25(24)20-15-12-18(2)13-16-20)21(23)17-14-19-9-7-5-8-10-19/h5,7-13,15-16,21,23H,3-4,6,14,17H2,1-2H3/b22-11+/t21-,25-/m0/s1. The van der Waals surface area contributed by atoms with Gasteiger partial charge in [0, 0.05) is 9.80 Å². The van der Waals surface area contributed by atoms with Crippen molar-refractivity contribution in [3.05, 3.63) is 76.7 Å². The summed E-state index contributed by atoms with van der Waals surface area (Å²) >= 11 is 0. The van der Waals surface area contributed by atoms with E-state index in [4.69, 9.17) is 0 Å². The molecular weight excluding hydrogens is 328 g/mol. The molecule has 1 N–H and O–H groups in total. The van der Waals surface area contributed by atoms with Crippen molar-refractivity contribution in [2.45, 2.75) is 57.0 Å². The summed E-state index contributed by atoms with van der Waals surface area (Å²) in [5.41, 5.74) is 2.33. The minimum atomic E-state index is -1.31. The van der Waals surface area contributed by atoms with Crippen molar-refractivity contribution in [3.8, 4) is 0 Å². The van der Waals surface area contributed by atoms with Gasteiger partial charge in [-0.2, -0.15) is 0 Å². The van der Waals surface area contributed by atoms with Crippen LogP contribution in [0.2, 0.25) is 0 Å². The second-order valence-corrected chi connectivity index (χ2v) is 7.85. The largest absolute Gasteiger partial charge is 0.388 e. The fourth-order valence-corrected chi connectivity index (χ4v) is 3.96. The number of aliphatic hydroxyl groups excluding tert-OH is 1. The molecule has 2 atom stereocenters. The van der Waals surface area contributed by atoms with Gasteiger partial charge in [0.15, 0.2) is 0 Å². The van der Waals surface area contributed by atoms with Crippen LogP contribution in [0.1, 0.15) is 43.7 Å². The zero-order valence-electron chi connectivity index (χ0n) is 15.2. The minimum Gasteiger partial charge on any atom is -0.388 e. The normalized spacial score (nSPS) is 14.3. The third kappa shape index (κ3) is 6.26. The Balaban J connectivity index is 2.12. The lowest BCUT2D eigenvalue weighted by Gasteiger charge is -2.15. The van der Waals surface area contributed by atoms with E-state index in [0.29, 0.717) is 11.3 Å². The first-order valence-electron chi connectivity index (χ1n) is 9.02. The average molecular weight is 357 g/mol. The Morgan fingerprint density at radius 1 is 1.12 bits per heavy atom. The lowest BCUT2D eigenvalue weighted by Crippen LogP contribution is -2.16. The van der Waals surface area contributed by atoms with Gasteiger partial charge in [-0.1, -0.05) is 73.9 Å². The molecule has 0 aliphatic heterocycles. The van der Waals surface area contributed by atoms with Crippen LogP contribution in [0.15, 0.2) is 70.5 Å². The van der Waals surface area contributed by atoms with E-state index in [1.54, 1.807) is 0 Å². The quantitative estimate of drug-likeness (QED) is 0.629. The highest BCUT2D eigenvalue weighted by molar-refractivity contribution is 7.89. The fraction of sp³-hybridized carbons (Fsp3) is 0.364. The molecule has 0 radical (unpaired) electrons. The Labute approximate surface area is 154 Å². The van der Waals surface area contributed by atoms with E-state index in [0.717, 1.165) is 36.1 Å². The van der Waals surface area contributed by atoms with Crippen molar-refractivity contribution in [3.63, 3.8) is 0 Å². The second kappa shape index (κ2) is 10.3. The maximum atomic E-state index is 13.0. The molecule has 0 unspecified atom stereocenters. The Morgan fingerprint density at radius 3 is 2.44 bits per heavy atom. The molecule has 2 nitrogen and oxygen atoms in total. The van der Waals surface area contributed by atoms with Crippen LogP contribution >= 0.6 is 0 Å². The van der Waals surface area contributed by atoms with E-state index >= 15 is 0 Å². The van der Waals surface area contributed by atoms with Crippen molar-refractivity contribution >= 4 is 10.8 Å². The molecular formula is C22H28O2S. The number of aryl methyl sites for hydroxylation is 2. The molecule has 0 aromatic heterocycles. The fourth-order valence-electron chi connectivity index (χ4n) is 2.67. The van der Waals surface area contributed by atoms with Gasteiger partial charge in [-0.3, -0.25) is 0 Å². The first kappa shape index (κ1) is 19.6. The lowest BCUT2D eigenvalue weighted by atomic mass is 10.1. The van der Waals surface area contributed by atoms with Gasteiger partial charge in [-0.05, 0) is 43.9 Å². The molecule has 0 fully saturated rings. The smallest absolute Gasteiger partial charge is 0.0877 e. The highest BCUT2D eigenvalue weighted by Crippen LogP contribution is 2.22. The maximum absolute atomic E-state index is 13.0. The zero-order chi connectivity index (χ0) is 18.1. The third-order valence-electron chi connectivity index (χ3n) is 4.23. The predicted molar refractivity (Wildman–Crippen MR) is 106 cm³/mol. The van der Waals surface area contributed by atoms with E-state index in [9.17, 15) is 9.32 Å². The molecule has 25 heavy (non-hydrogen) atoms. The maximum Gasteiger partial charge on any atom is 0.0877 e. The number of allylic oxidation sites excluding steroid dienone is 1. The molecule has 3 heteroatoms. The summed E-state index contributed by atoms with van der Waals surface area (Å²) in [7, 11) is -1.31. The van der Waals surface area contributed by atoms with Crippen LogP contribution in [0.5, 0.6) is 0 Å². The van der Waals surface area contributed by atoms with Crippen LogP contribution in [0.4, 0.5) is 0 Å². The summed E-state index contributed by atoms with van der Waals surface area (Å²) in [5.74, 6) is 0. The van der Waals surface area contributed by atoms with Crippen molar-refractivity contribution in [2.24, 2.45) is 0 Å². The van der Waals surface area contributed by atoms with Crippen molar-refractivity contribution in [2.75, 3.05) is 0 Å². The van der Waals surface area contributed by atoms with E-state index in [1.165, 1.54) is 5.56 Å². The molecule has 134 valence electrons. The Hall–Kier alpha value is -1.71. The number of hydrogen-bond donors (Lipinski definition) is 1. The average Bonchev–Trinajstić information content (AvgIpc) is 2.64. The molecule has 2 aromatic carbocycles. The van der Waals surface area contributed by atoms with Crippen molar-refractivity contribution < 1.29 is 9.32 Å². The van der Waals surface area contributed by atoms with Crippen molar-refractivity contribution in [1.29, 1.82) is 0 Å². The van der Waals surface area contributed by atoms with Gasteiger partial charge in [0.2, 0.25) is 0 Å². The molecule has 0 amide bonds. The van der Waals surface area contributed by atoms with Crippen LogP contribution in [-0.2, 0) is 17.2 Å². The van der Waals surface area contributed by atoms with Crippen LogP contribution in [0.3, 0.4) is 0 Å². The van der Waals surface area contributed by atoms with Gasteiger partial charge in [-0.15, -0.1) is 0 Å². The van der Waals surface area contributed by atoms with Gasteiger partial charge in [-0.25, -0.2) is 4.21 Å². The number of rotatable bonds is 9. The molecule has 0 saturated carbocycles. The number of hydrogen-bond acceptors (Lipinski definition) is 2. The minimum absolute atomic E-state index is 0.583. The van der Waals surface area contributed by atoms with Crippen LogP contribution in [-0.4, -0.2) is 15.4 Å². The van der Waals surface area contributed by atoms with Gasteiger partial charge in [0.25, 0.3) is 0 Å². The van der Waals surface area contributed by atoms with E-state index in [2.05, 4.69) is 19.1 Å². The summed E-state index contributed by atoms with van der Waals surface area (Å²) in [6.45, 7) is 4.15. The molecule has 0 bridgehead atoms. The summed E-state index contributed by atoms with van der Waals surface area (Å²) in [6, 6.07) is 17.8. The number of unbranched alkanes of at least 4 members (excludes halogenated alkanes) is 2. The molecule has 0 aliphatic carbocycles. The summed E-state index contributed by atoms with van der Waals surface area (Å²) < 4.78 is 13.0. The summed E-state index contributed by atoms with van der Waals surface area (Å²) in [6.07, 6.45) is 5.64. The molecule has 0 aliphatic rings. The molecule has 0 saturated heterocycles. The van der Waals surface area contributed by atoms with Crippen LogP contribution < -0.4 is 0 Å². The van der Waals surface area contributed by atoms with E-state index in [-0.39, 0.29) is 0 Å². The van der Waals surface area contributed by atoms with E-state index < -0.39 is 16.9 Å². The molecule has 2 aromatic rings. The molecule has 2 rings (SSSR count). The first-order chi connectivity index (χ1) is 12.1. The third-order valence-corrected chi connectivity index (χ3v) is 5.80. The van der Waals surface area contributed by atoms with Gasteiger partial charge >= 0.3 is 0 Å². The molecule has 0 spiro atoms. The van der Waals surface area contributed by atoms with Crippen LogP contribution in [0, 0.1) is 6.92 Å². The lowest BCUT2D eigenvalue weighted by molar-refractivity contribution is 0.208. The summed E-state index contributed by atoms with van der Waals surface area (Å²) in [5, 5.41) is 10.7. The Morgan fingerprint density at radius 2 is 1.80 bits per heavy atom. The number of aliphatic hydroxyl groups is 1. The highest BCUT2D eigenvalue weighted by atomic mass is 32.2.